The highest BCUT2D eigenvalue weighted by molar-refractivity contribution is 7.90. The Hall–Kier alpha value is -1.51. The molecule has 1 saturated heterocycles. The zero-order valence-corrected chi connectivity index (χ0v) is 12.9. The number of sulfonamides is 1. The van der Waals surface area contributed by atoms with Gasteiger partial charge in [-0.2, -0.15) is 0 Å². The Morgan fingerprint density at radius 1 is 1.45 bits per heavy atom. The lowest BCUT2D eigenvalue weighted by Crippen LogP contribution is -2.39. The van der Waals surface area contributed by atoms with Gasteiger partial charge in [-0.05, 0) is 44.0 Å². The average molecular weight is 331 g/mol. The first-order chi connectivity index (χ1) is 10.4. The molecule has 0 spiro atoms. The van der Waals surface area contributed by atoms with E-state index < -0.39 is 27.9 Å². The summed E-state index contributed by atoms with van der Waals surface area (Å²) < 4.78 is 49.4. The van der Waals surface area contributed by atoms with Crippen molar-refractivity contribution in [2.24, 2.45) is 0 Å². The Bertz CT molecular complexity index is 611. The summed E-state index contributed by atoms with van der Waals surface area (Å²) in [5.74, 6) is -1.33. The zero-order chi connectivity index (χ0) is 16.2. The first-order valence-corrected chi connectivity index (χ1v) is 8.42. The molecule has 0 unspecified atom stereocenters. The second kappa shape index (κ2) is 7.17. The van der Waals surface area contributed by atoms with Crippen molar-refractivity contribution in [1.29, 1.82) is 0 Å². The molecule has 1 heterocycles. The van der Waals surface area contributed by atoms with Crippen LogP contribution in [0.15, 0.2) is 29.2 Å². The molecule has 1 amide bonds. The predicted molar refractivity (Wildman–Crippen MR) is 76.1 cm³/mol. The Morgan fingerprint density at radius 3 is 2.73 bits per heavy atom. The van der Waals surface area contributed by atoms with E-state index in [1.54, 1.807) is 0 Å². The summed E-state index contributed by atoms with van der Waals surface area (Å²) in [4.78, 5) is 11.7. The van der Waals surface area contributed by atoms with E-state index in [-0.39, 0.29) is 17.6 Å². The molecule has 8 heteroatoms. The van der Waals surface area contributed by atoms with Gasteiger partial charge in [0.25, 0.3) is 15.9 Å². The zero-order valence-electron chi connectivity index (χ0n) is 12.1. The second-order valence-electron chi connectivity index (χ2n) is 5.03. The molecule has 1 aromatic carbocycles. The first kappa shape index (κ1) is 16.9. The van der Waals surface area contributed by atoms with Crippen LogP contribution >= 0.6 is 0 Å². The molecule has 0 aliphatic carbocycles. The third kappa shape index (κ3) is 4.49. The third-order valence-electron chi connectivity index (χ3n) is 3.28. The van der Waals surface area contributed by atoms with E-state index in [1.807, 2.05) is 4.72 Å². The second-order valence-corrected chi connectivity index (χ2v) is 6.72. The number of halogens is 1. The number of carbonyl (C=O) groups excluding carboxylic acids is 1. The number of nitrogens with one attached hydrogen (secondary N) is 1. The molecule has 2 rings (SSSR count). The monoisotopic (exact) mass is 331 g/mol. The molecule has 1 fully saturated rings. The number of carbonyl (C=O) groups is 1. The summed E-state index contributed by atoms with van der Waals surface area (Å²) in [7, 11) is -4.04. The maximum absolute atomic E-state index is 12.8. The van der Waals surface area contributed by atoms with Crippen molar-refractivity contribution < 1.29 is 27.1 Å². The van der Waals surface area contributed by atoms with Crippen LogP contribution in [0.3, 0.4) is 0 Å². The van der Waals surface area contributed by atoms with Gasteiger partial charge in [0.15, 0.2) is 0 Å². The molecular weight excluding hydrogens is 313 g/mol. The molecule has 0 radical (unpaired) electrons. The van der Waals surface area contributed by atoms with Crippen molar-refractivity contribution in [3.8, 4) is 0 Å². The summed E-state index contributed by atoms with van der Waals surface area (Å²) in [6.07, 6.45) is 0.832. The molecule has 1 aliphatic heterocycles. The number of benzene rings is 1. The SMILES string of the molecule is C[C@H](OC[C@@H]1CCCO1)C(=O)NS(=O)(=O)c1ccc(F)cc1. The van der Waals surface area contributed by atoms with Crippen molar-refractivity contribution in [3.05, 3.63) is 30.1 Å². The van der Waals surface area contributed by atoms with Gasteiger partial charge in [-0.15, -0.1) is 0 Å². The molecule has 1 N–H and O–H groups in total. The first-order valence-electron chi connectivity index (χ1n) is 6.94. The van der Waals surface area contributed by atoms with E-state index in [4.69, 9.17) is 9.47 Å². The average Bonchev–Trinajstić information content (AvgIpc) is 2.98. The minimum atomic E-state index is -4.04. The summed E-state index contributed by atoms with van der Waals surface area (Å²) in [5.41, 5.74) is 0. The summed E-state index contributed by atoms with van der Waals surface area (Å²) in [6.45, 7) is 2.38. The van der Waals surface area contributed by atoms with Gasteiger partial charge < -0.3 is 9.47 Å². The lowest BCUT2D eigenvalue weighted by atomic mass is 10.2. The molecule has 6 nitrogen and oxygen atoms in total. The number of hydrogen-bond donors (Lipinski definition) is 1. The Morgan fingerprint density at radius 2 is 2.14 bits per heavy atom. The van der Waals surface area contributed by atoms with Crippen LogP contribution < -0.4 is 4.72 Å². The lowest BCUT2D eigenvalue weighted by Gasteiger charge is -2.16. The van der Waals surface area contributed by atoms with Gasteiger partial charge in [-0.3, -0.25) is 4.79 Å². The van der Waals surface area contributed by atoms with Gasteiger partial charge in [-0.1, -0.05) is 0 Å². The molecular formula is C14H18FNO5S. The topological polar surface area (TPSA) is 81.7 Å². The lowest BCUT2D eigenvalue weighted by molar-refractivity contribution is -0.131. The van der Waals surface area contributed by atoms with Crippen LogP contribution in [-0.4, -0.2) is 39.7 Å². The molecule has 22 heavy (non-hydrogen) atoms. The minimum Gasteiger partial charge on any atom is -0.376 e. The molecule has 122 valence electrons. The maximum atomic E-state index is 12.8. The van der Waals surface area contributed by atoms with Crippen LogP contribution in [0.4, 0.5) is 4.39 Å². The van der Waals surface area contributed by atoms with Gasteiger partial charge in [0.2, 0.25) is 0 Å². The van der Waals surface area contributed by atoms with Crippen LogP contribution in [-0.2, 0) is 24.3 Å². The third-order valence-corrected chi connectivity index (χ3v) is 4.65. The van der Waals surface area contributed by atoms with Crippen molar-refractivity contribution in [2.45, 2.75) is 36.9 Å². The largest absolute Gasteiger partial charge is 0.376 e. The molecule has 1 aromatic rings. The maximum Gasteiger partial charge on any atom is 0.264 e. The highest BCUT2D eigenvalue weighted by Crippen LogP contribution is 2.13. The smallest absolute Gasteiger partial charge is 0.264 e. The fourth-order valence-corrected chi connectivity index (χ4v) is 3.03. The van der Waals surface area contributed by atoms with Crippen LogP contribution in [0.1, 0.15) is 19.8 Å². The van der Waals surface area contributed by atoms with Gasteiger partial charge in [0.1, 0.15) is 11.9 Å². The highest BCUT2D eigenvalue weighted by Gasteiger charge is 2.24. The summed E-state index contributed by atoms with van der Waals surface area (Å²) in [5, 5.41) is 0. The Balaban J connectivity index is 1.90. The molecule has 2 atom stereocenters. The van der Waals surface area contributed by atoms with E-state index >= 15 is 0 Å². The van der Waals surface area contributed by atoms with Crippen molar-refractivity contribution in [3.63, 3.8) is 0 Å². The number of amides is 1. The fraction of sp³-hybridized carbons (Fsp3) is 0.500. The molecule has 0 bridgehead atoms. The summed E-state index contributed by atoms with van der Waals surface area (Å²) >= 11 is 0. The van der Waals surface area contributed by atoms with E-state index in [9.17, 15) is 17.6 Å². The Kier molecular flexibility index (Phi) is 5.49. The highest BCUT2D eigenvalue weighted by atomic mass is 32.2. The Labute approximate surface area is 128 Å². The van der Waals surface area contributed by atoms with Gasteiger partial charge in [0.05, 0.1) is 17.6 Å². The van der Waals surface area contributed by atoms with E-state index in [2.05, 4.69) is 0 Å². The molecule has 1 aliphatic rings. The predicted octanol–water partition coefficient (Wildman–Crippen LogP) is 1.21. The van der Waals surface area contributed by atoms with E-state index in [1.165, 1.54) is 6.92 Å². The standard InChI is InChI=1S/C14H18FNO5S/c1-10(21-9-12-3-2-8-20-12)14(17)16-22(18,19)13-6-4-11(15)5-7-13/h4-7,10,12H,2-3,8-9H2,1H3,(H,16,17)/t10-,12-/m0/s1. The number of ether oxygens (including phenoxy) is 2. The molecule has 0 aromatic heterocycles. The molecule has 0 saturated carbocycles. The van der Waals surface area contributed by atoms with Crippen molar-refractivity contribution in [2.75, 3.05) is 13.2 Å². The normalized spacial score (nSPS) is 19.8. The summed E-state index contributed by atoms with van der Waals surface area (Å²) in [6, 6.07) is 4.19. The van der Waals surface area contributed by atoms with Crippen molar-refractivity contribution >= 4 is 15.9 Å². The van der Waals surface area contributed by atoms with Gasteiger partial charge >= 0.3 is 0 Å². The minimum absolute atomic E-state index is 0.0519. The van der Waals surface area contributed by atoms with Crippen LogP contribution in [0.2, 0.25) is 0 Å². The van der Waals surface area contributed by atoms with Crippen LogP contribution in [0, 0.1) is 5.82 Å². The van der Waals surface area contributed by atoms with Crippen LogP contribution in [0.25, 0.3) is 0 Å². The number of hydrogen-bond acceptors (Lipinski definition) is 5. The van der Waals surface area contributed by atoms with E-state index in [0.717, 1.165) is 37.1 Å². The van der Waals surface area contributed by atoms with Crippen molar-refractivity contribution in [1.82, 2.24) is 4.72 Å². The van der Waals surface area contributed by atoms with Crippen LogP contribution in [0.5, 0.6) is 0 Å². The fourth-order valence-electron chi connectivity index (χ4n) is 1.99. The van der Waals surface area contributed by atoms with E-state index in [0.29, 0.717) is 6.61 Å². The quantitative estimate of drug-likeness (QED) is 0.847. The van der Waals surface area contributed by atoms with Gasteiger partial charge in [-0.25, -0.2) is 17.5 Å². The van der Waals surface area contributed by atoms with Gasteiger partial charge in [0, 0.05) is 6.61 Å². The number of rotatable bonds is 6.